The van der Waals surface area contributed by atoms with E-state index in [9.17, 15) is 0 Å². The molecule has 0 N–H and O–H groups in total. The van der Waals surface area contributed by atoms with E-state index in [2.05, 4.69) is 114 Å². The van der Waals surface area contributed by atoms with Crippen molar-refractivity contribution in [3.63, 3.8) is 0 Å². The molecule has 6 aromatic rings. The predicted octanol–water partition coefficient (Wildman–Crippen LogP) is 4.16. The average molecular weight is 979 g/mol. The zero-order valence-electron chi connectivity index (χ0n) is 25.8. The maximum absolute atomic E-state index is 5.71. The zero-order chi connectivity index (χ0) is 32.1. The number of hydrogen-bond acceptors (Lipinski definition) is 4. The summed E-state index contributed by atoms with van der Waals surface area (Å²) >= 11 is 4.65. The number of hydrogen-bond donors (Lipinski definition) is 0. The summed E-state index contributed by atoms with van der Waals surface area (Å²) in [6.07, 6.45) is 9.86. The van der Waals surface area contributed by atoms with Crippen molar-refractivity contribution in [2.24, 2.45) is 0 Å². The van der Waals surface area contributed by atoms with Gasteiger partial charge in [-0.2, -0.15) is 0 Å². The Morgan fingerprint density at radius 2 is 1.11 bits per heavy atom. The van der Waals surface area contributed by atoms with Crippen LogP contribution in [0.25, 0.3) is 11.4 Å². The zero-order valence-corrected chi connectivity index (χ0v) is 30.3. The molecule has 0 unspecified atom stereocenters. The number of nitrogens with zero attached hydrogens (tertiary/aromatic N) is 8. The summed E-state index contributed by atoms with van der Waals surface area (Å²) in [7, 11) is 0. The molecule has 10 nitrogen and oxygen atoms in total. The Balaban J connectivity index is 0.000000181. The Morgan fingerprint density at radius 3 is 1.48 bits per heavy atom. The van der Waals surface area contributed by atoms with Crippen LogP contribution in [0.5, 0.6) is 0 Å². The van der Waals surface area contributed by atoms with Crippen molar-refractivity contribution < 1.29 is 48.2 Å². The topological polar surface area (TPSA) is 92.2 Å². The van der Waals surface area contributed by atoms with Crippen molar-refractivity contribution in [3.8, 4) is 11.4 Å². The van der Waals surface area contributed by atoms with Gasteiger partial charge in [-0.3, -0.25) is 0 Å². The maximum atomic E-state index is 5.71. The minimum atomic E-state index is 0.669. The molecule has 0 aliphatic carbocycles. The number of aromatic nitrogens is 8. The van der Waals surface area contributed by atoms with E-state index in [0.717, 1.165) is 67.7 Å². The second-order valence-electron chi connectivity index (χ2n) is 10.4. The quantitative estimate of drug-likeness (QED) is 0.121. The van der Waals surface area contributed by atoms with E-state index < -0.39 is 0 Å². The van der Waals surface area contributed by atoms with Gasteiger partial charge in [-0.1, -0.05) is 0 Å². The van der Waals surface area contributed by atoms with Crippen LogP contribution < -0.4 is 10.2 Å². The van der Waals surface area contributed by atoms with Crippen molar-refractivity contribution in [2.45, 2.75) is 39.8 Å². The molecule has 46 heavy (non-hydrogen) atoms. The van der Waals surface area contributed by atoms with Crippen molar-refractivity contribution >= 4 is 0 Å². The van der Waals surface area contributed by atoms with Gasteiger partial charge in [0.1, 0.15) is 0 Å². The van der Waals surface area contributed by atoms with Crippen molar-refractivity contribution in [1.82, 2.24) is 38.7 Å². The Kier molecular flexibility index (Phi) is 12.9. The van der Waals surface area contributed by atoms with Gasteiger partial charge in [0, 0.05) is 0 Å². The van der Waals surface area contributed by atoms with Crippen LogP contribution >= 0.6 is 0 Å². The van der Waals surface area contributed by atoms with Gasteiger partial charge in [-0.15, -0.1) is 0 Å². The summed E-state index contributed by atoms with van der Waals surface area (Å²) in [5.74, 6) is 0. The van der Waals surface area contributed by atoms with Gasteiger partial charge >= 0.3 is 292 Å². The van der Waals surface area contributed by atoms with Crippen LogP contribution in [0.4, 0.5) is 0 Å². The first-order valence-corrected chi connectivity index (χ1v) is 17.2. The standard InChI is InChI=1S/2C17H18N4O.2Pt/c2*1-15-13-16(19-18-15)7-11-22-12-10-20-8-9-21(14-20)17-5-3-2-4-6-17;;/h2*2-5,8-9,13H,7,10-12H2,1H3;;/q2*-2;;. The van der Waals surface area contributed by atoms with Crippen molar-refractivity contribution in [1.29, 1.82) is 0 Å². The molecule has 0 amide bonds. The summed E-state index contributed by atoms with van der Waals surface area (Å²) in [6.45, 7) is 8.24. The molecule has 0 saturated heterocycles. The molecular formula is C34H36N8O2Pt2-4. The molecule has 248 valence electrons. The third kappa shape index (κ3) is 9.79. The van der Waals surface area contributed by atoms with Crippen LogP contribution in [0.1, 0.15) is 22.8 Å². The van der Waals surface area contributed by atoms with Gasteiger partial charge in [-0.05, 0) is 0 Å². The van der Waals surface area contributed by atoms with Crippen molar-refractivity contribution in [3.05, 3.63) is 128 Å². The Morgan fingerprint density at radius 1 is 0.652 bits per heavy atom. The number of aryl methyl sites for hydroxylation is 2. The third-order valence-electron chi connectivity index (χ3n) is 6.88. The van der Waals surface area contributed by atoms with Crippen LogP contribution in [0.3, 0.4) is 0 Å². The normalized spacial score (nSPS) is 11.1. The van der Waals surface area contributed by atoms with E-state index >= 15 is 0 Å². The molecule has 0 radical (unpaired) electrons. The average Bonchev–Trinajstić information content (AvgIpc) is 3.87. The first-order chi connectivity index (χ1) is 22.5. The van der Waals surface area contributed by atoms with E-state index in [1.807, 2.05) is 74.5 Å². The number of benzene rings is 2. The molecule has 0 aliphatic rings. The van der Waals surface area contributed by atoms with E-state index in [0.29, 0.717) is 26.4 Å². The van der Waals surface area contributed by atoms with E-state index in [-0.39, 0.29) is 0 Å². The van der Waals surface area contributed by atoms with Crippen molar-refractivity contribution in [2.75, 3.05) is 26.4 Å². The summed E-state index contributed by atoms with van der Waals surface area (Å²) in [5, 5.41) is 16.1. The van der Waals surface area contributed by atoms with Gasteiger partial charge in [0.05, 0.1) is 0 Å². The fourth-order valence-corrected chi connectivity index (χ4v) is 6.27. The summed E-state index contributed by atoms with van der Waals surface area (Å²) in [6, 6.07) is 26.4. The molecule has 2 aromatic carbocycles. The van der Waals surface area contributed by atoms with Gasteiger partial charge < -0.3 is 0 Å². The Labute approximate surface area is 290 Å². The SMILES string of the molecule is Cc1cc(CCOCCn2ccn(-c3[c-]cccc3)[c]2=[Pt])n[n-]1.Cc1cc(CCOCCn2ccn(-c3[c-]cccc3)[c]2=[Pt])n[n-]1. The molecule has 4 aromatic heterocycles. The number of imidazole rings is 2. The fraction of sp³-hybridized carbons (Fsp3) is 0.294. The minimum absolute atomic E-state index is 0.669. The molecule has 0 atom stereocenters. The number of para-hydroxylation sites is 2. The molecule has 0 spiro atoms. The summed E-state index contributed by atoms with van der Waals surface area (Å²) < 4.78 is 22.3. The first-order valence-electron chi connectivity index (χ1n) is 15.0. The monoisotopic (exact) mass is 978 g/mol. The molecule has 0 saturated carbocycles. The number of rotatable bonds is 14. The van der Waals surface area contributed by atoms with Gasteiger partial charge in [0.2, 0.25) is 0 Å². The number of ether oxygens (including phenoxy) is 2. The fourth-order valence-electron chi connectivity index (χ4n) is 4.54. The molecular weight excluding hydrogens is 943 g/mol. The second kappa shape index (κ2) is 17.5. The van der Waals surface area contributed by atoms with Gasteiger partial charge in [-0.25, -0.2) is 0 Å². The Bertz CT molecular complexity index is 1740. The van der Waals surface area contributed by atoms with E-state index in [4.69, 9.17) is 9.47 Å². The van der Waals surface area contributed by atoms with E-state index in [1.165, 1.54) is 0 Å². The van der Waals surface area contributed by atoms with Gasteiger partial charge in [0.15, 0.2) is 0 Å². The van der Waals surface area contributed by atoms with Crippen LogP contribution in [0.15, 0.2) is 85.5 Å². The van der Waals surface area contributed by atoms with Crippen LogP contribution in [-0.4, -0.2) is 54.9 Å². The summed E-state index contributed by atoms with van der Waals surface area (Å²) in [4.78, 5) is 0. The predicted molar refractivity (Wildman–Crippen MR) is 165 cm³/mol. The van der Waals surface area contributed by atoms with E-state index in [1.54, 1.807) is 0 Å². The van der Waals surface area contributed by atoms with Crippen LogP contribution in [0.2, 0.25) is 0 Å². The first kappa shape index (κ1) is 33.9. The Hall–Kier alpha value is -3.42. The molecule has 0 aliphatic heterocycles. The molecule has 0 fully saturated rings. The van der Waals surface area contributed by atoms with Gasteiger partial charge in [0.25, 0.3) is 0 Å². The second-order valence-corrected chi connectivity index (χ2v) is 12.4. The third-order valence-corrected chi connectivity index (χ3v) is 9.28. The van der Waals surface area contributed by atoms with Crippen LogP contribution in [0, 0.1) is 33.6 Å². The molecule has 0 bridgehead atoms. The molecule has 4 heterocycles. The molecule has 6 rings (SSSR count). The summed E-state index contributed by atoms with van der Waals surface area (Å²) in [5.41, 5.74) is 6.00. The molecule has 12 heteroatoms. The van der Waals surface area contributed by atoms with Crippen LogP contribution in [-0.2, 0) is 74.1 Å².